The van der Waals surface area contributed by atoms with Gasteiger partial charge in [0.05, 0.1) is 17.3 Å². The Hall–Kier alpha value is -1.99. The van der Waals surface area contributed by atoms with Crippen molar-refractivity contribution in [3.63, 3.8) is 0 Å². The number of carbonyl (C=O) groups is 1. The number of pyridine rings is 1. The lowest BCUT2D eigenvalue weighted by molar-refractivity contribution is 0.0792. The molecule has 0 saturated carbocycles. The first-order valence-electron chi connectivity index (χ1n) is 7.87. The van der Waals surface area contributed by atoms with Crippen LogP contribution in [0.25, 0.3) is 10.9 Å². The van der Waals surface area contributed by atoms with Crippen molar-refractivity contribution in [3.8, 4) is 0 Å². The number of amides is 1. The van der Waals surface area contributed by atoms with Gasteiger partial charge in [-0.25, -0.2) is 13.1 Å². The maximum atomic E-state index is 13.0. The quantitative estimate of drug-likeness (QED) is 0.915. The Kier molecular flexibility index (Phi) is 4.31. The third-order valence-electron chi connectivity index (χ3n) is 4.18. The van der Waals surface area contributed by atoms with Gasteiger partial charge < -0.3 is 4.90 Å². The van der Waals surface area contributed by atoms with Crippen molar-refractivity contribution in [2.75, 3.05) is 19.3 Å². The molecule has 2 heterocycles. The van der Waals surface area contributed by atoms with Crippen LogP contribution in [0.3, 0.4) is 0 Å². The van der Waals surface area contributed by atoms with Crippen molar-refractivity contribution in [1.82, 2.24) is 14.6 Å². The fourth-order valence-electron chi connectivity index (χ4n) is 3.16. The fourth-order valence-corrected chi connectivity index (χ4v) is 3.96. The SMILES string of the molecule is Cc1ccc2nc(C)cc(C(=O)N3CCC(NS(C)(=O)=O)C3)c2c1. The fraction of sp³-hybridized carbons (Fsp3) is 0.412. The highest BCUT2D eigenvalue weighted by atomic mass is 32.2. The van der Waals surface area contributed by atoms with E-state index in [1.165, 1.54) is 0 Å². The first kappa shape index (κ1) is 16.9. The second-order valence-electron chi connectivity index (χ2n) is 6.46. The van der Waals surface area contributed by atoms with Crippen LogP contribution in [0.15, 0.2) is 24.3 Å². The minimum Gasteiger partial charge on any atom is -0.337 e. The summed E-state index contributed by atoms with van der Waals surface area (Å²) in [4.78, 5) is 19.2. The lowest BCUT2D eigenvalue weighted by atomic mass is 10.0. The number of aryl methyl sites for hydroxylation is 2. The van der Waals surface area contributed by atoms with Gasteiger partial charge in [-0.1, -0.05) is 11.6 Å². The summed E-state index contributed by atoms with van der Waals surface area (Å²) in [6, 6.07) is 7.45. The number of hydrogen-bond donors (Lipinski definition) is 1. The van der Waals surface area contributed by atoms with E-state index in [1.54, 1.807) is 11.0 Å². The van der Waals surface area contributed by atoms with Crippen LogP contribution in [0, 0.1) is 13.8 Å². The summed E-state index contributed by atoms with van der Waals surface area (Å²) in [5, 5.41) is 0.838. The number of fused-ring (bicyclic) bond motifs is 1. The van der Waals surface area contributed by atoms with E-state index in [4.69, 9.17) is 0 Å². The van der Waals surface area contributed by atoms with E-state index in [-0.39, 0.29) is 11.9 Å². The summed E-state index contributed by atoms with van der Waals surface area (Å²) in [7, 11) is -3.27. The molecule has 0 radical (unpaired) electrons. The van der Waals surface area contributed by atoms with E-state index in [1.807, 2.05) is 32.0 Å². The molecule has 1 aromatic carbocycles. The molecule has 1 aliphatic heterocycles. The average Bonchev–Trinajstić information content (AvgIpc) is 2.92. The zero-order valence-corrected chi connectivity index (χ0v) is 14.9. The van der Waals surface area contributed by atoms with Crippen LogP contribution in [0.4, 0.5) is 0 Å². The van der Waals surface area contributed by atoms with Gasteiger partial charge in [0.25, 0.3) is 5.91 Å². The van der Waals surface area contributed by atoms with E-state index in [9.17, 15) is 13.2 Å². The predicted molar refractivity (Wildman–Crippen MR) is 93.5 cm³/mol. The second-order valence-corrected chi connectivity index (χ2v) is 8.24. The van der Waals surface area contributed by atoms with E-state index in [0.717, 1.165) is 28.4 Å². The molecular weight excluding hydrogens is 326 g/mol. The maximum Gasteiger partial charge on any atom is 0.254 e. The molecule has 0 spiro atoms. The average molecular weight is 347 g/mol. The minimum atomic E-state index is -3.27. The molecule has 0 aliphatic carbocycles. The minimum absolute atomic E-state index is 0.0751. The molecule has 1 amide bonds. The molecule has 128 valence electrons. The molecule has 24 heavy (non-hydrogen) atoms. The van der Waals surface area contributed by atoms with Crippen LogP contribution in [0.5, 0.6) is 0 Å². The van der Waals surface area contributed by atoms with Crippen LogP contribution in [-0.4, -0.2) is 49.6 Å². The van der Waals surface area contributed by atoms with Crippen molar-refractivity contribution < 1.29 is 13.2 Å². The Bertz CT molecular complexity index is 909. The lowest BCUT2D eigenvalue weighted by Crippen LogP contribution is -2.37. The number of sulfonamides is 1. The maximum absolute atomic E-state index is 13.0. The molecule has 6 nitrogen and oxygen atoms in total. The molecule has 1 fully saturated rings. The number of likely N-dealkylation sites (tertiary alicyclic amines) is 1. The van der Waals surface area contributed by atoms with Gasteiger partial charge in [0.1, 0.15) is 0 Å². The van der Waals surface area contributed by atoms with Gasteiger partial charge in [-0.3, -0.25) is 9.78 Å². The highest BCUT2D eigenvalue weighted by Crippen LogP contribution is 2.23. The normalized spacial score (nSPS) is 18.3. The Morgan fingerprint density at radius 2 is 2.04 bits per heavy atom. The number of hydrogen-bond acceptors (Lipinski definition) is 4. The summed E-state index contributed by atoms with van der Waals surface area (Å²) in [6.45, 7) is 4.78. The summed E-state index contributed by atoms with van der Waals surface area (Å²) in [5.41, 5.74) is 3.29. The van der Waals surface area contributed by atoms with Gasteiger partial charge >= 0.3 is 0 Å². The Morgan fingerprint density at radius 3 is 2.75 bits per heavy atom. The highest BCUT2D eigenvalue weighted by molar-refractivity contribution is 7.88. The van der Waals surface area contributed by atoms with Crippen LogP contribution in [-0.2, 0) is 10.0 Å². The Balaban J connectivity index is 1.91. The standard InChI is InChI=1S/C17H21N3O3S/c1-11-4-5-16-14(8-11)15(9-12(2)18-16)17(21)20-7-6-13(10-20)19-24(3,22)23/h4-5,8-9,13,19H,6-7,10H2,1-3H3. The molecular formula is C17H21N3O3S. The summed E-state index contributed by atoms with van der Waals surface area (Å²) in [6.07, 6.45) is 1.76. The summed E-state index contributed by atoms with van der Waals surface area (Å²) >= 11 is 0. The third kappa shape index (κ3) is 3.57. The number of nitrogens with one attached hydrogen (secondary N) is 1. The molecule has 3 rings (SSSR count). The number of benzene rings is 1. The Labute approximate surface area is 141 Å². The number of aromatic nitrogens is 1. The van der Waals surface area contributed by atoms with Crippen molar-refractivity contribution in [2.45, 2.75) is 26.3 Å². The first-order chi connectivity index (χ1) is 11.2. The van der Waals surface area contributed by atoms with Crippen LogP contribution >= 0.6 is 0 Å². The Morgan fingerprint density at radius 1 is 1.29 bits per heavy atom. The van der Waals surface area contributed by atoms with Crippen molar-refractivity contribution in [1.29, 1.82) is 0 Å². The lowest BCUT2D eigenvalue weighted by Gasteiger charge is -2.18. The van der Waals surface area contributed by atoms with Gasteiger partial charge in [-0.05, 0) is 38.5 Å². The van der Waals surface area contributed by atoms with Gasteiger partial charge in [0.2, 0.25) is 10.0 Å². The number of nitrogens with zero attached hydrogens (tertiary/aromatic N) is 2. The zero-order chi connectivity index (χ0) is 17.5. The van der Waals surface area contributed by atoms with Crippen LogP contribution in [0.1, 0.15) is 28.0 Å². The van der Waals surface area contributed by atoms with E-state index in [0.29, 0.717) is 25.1 Å². The zero-order valence-electron chi connectivity index (χ0n) is 14.0. The second kappa shape index (κ2) is 6.14. The largest absolute Gasteiger partial charge is 0.337 e. The molecule has 1 aliphatic rings. The highest BCUT2D eigenvalue weighted by Gasteiger charge is 2.29. The van der Waals surface area contributed by atoms with E-state index >= 15 is 0 Å². The molecule has 2 aromatic rings. The van der Waals surface area contributed by atoms with Crippen molar-refractivity contribution in [2.24, 2.45) is 0 Å². The molecule has 1 saturated heterocycles. The van der Waals surface area contributed by atoms with Crippen LogP contribution < -0.4 is 4.72 Å². The van der Waals surface area contributed by atoms with Gasteiger partial charge in [-0.2, -0.15) is 0 Å². The third-order valence-corrected chi connectivity index (χ3v) is 4.94. The van der Waals surface area contributed by atoms with E-state index < -0.39 is 10.0 Å². The smallest absolute Gasteiger partial charge is 0.254 e. The summed E-state index contributed by atoms with van der Waals surface area (Å²) in [5.74, 6) is -0.0751. The number of carbonyl (C=O) groups excluding carboxylic acids is 1. The predicted octanol–water partition coefficient (Wildman–Crippen LogP) is 1.62. The molecule has 1 atom stereocenters. The molecule has 0 bridgehead atoms. The van der Waals surface area contributed by atoms with E-state index in [2.05, 4.69) is 9.71 Å². The molecule has 1 unspecified atom stereocenters. The molecule has 7 heteroatoms. The van der Waals surface area contributed by atoms with Gasteiger partial charge in [-0.15, -0.1) is 0 Å². The topological polar surface area (TPSA) is 79.4 Å². The van der Waals surface area contributed by atoms with Crippen LogP contribution in [0.2, 0.25) is 0 Å². The number of rotatable bonds is 3. The van der Waals surface area contributed by atoms with Gasteiger partial charge in [0.15, 0.2) is 0 Å². The van der Waals surface area contributed by atoms with Crippen molar-refractivity contribution in [3.05, 3.63) is 41.1 Å². The monoisotopic (exact) mass is 347 g/mol. The van der Waals surface area contributed by atoms with Gasteiger partial charge in [0, 0.05) is 30.2 Å². The molecule has 1 aromatic heterocycles. The molecule has 1 N–H and O–H groups in total. The van der Waals surface area contributed by atoms with Crippen molar-refractivity contribution >= 4 is 26.8 Å². The first-order valence-corrected chi connectivity index (χ1v) is 9.77. The summed E-state index contributed by atoms with van der Waals surface area (Å²) < 4.78 is 25.3.